The second-order valence-corrected chi connectivity index (χ2v) is 3.79. The Hall–Kier alpha value is 0.452. The first-order valence-corrected chi connectivity index (χ1v) is 5.59. The van der Waals surface area contributed by atoms with Crippen molar-refractivity contribution in [3.63, 3.8) is 0 Å². The van der Waals surface area contributed by atoms with E-state index in [1.54, 1.807) is 0 Å². The molecule has 0 amide bonds. The van der Waals surface area contributed by atoms with E-state index >= 15 is 0 Å². The Labute approximate surface area is 76.7 Å². The summed E-state index contributed by atoms with van der Waals surface area (Å²) in [7, 11) is 0. The van der Waals surface area contributed by atoms with Crippen LogP contribution in [-0.4, -0.2) is 28.1 Å². The maximum atomic E-state index is 5.48. The lowest BCUT2D eigenvalue weighted by atomic mass is 10.3. The van der Waals surface area contributed by atoms with Gasteiger partial charge in [-0.1, -0.05) is 13.8 Å². The first-order chi connectivity index (χ1) is 5.20. The van der Waals surface area contributed by atoms with Crippen molar-refractivity contribution in [2.45, 2.75) is 52.7 Å². The zero-order valence-electron chi connectivity index (χ0n) is 8.09. The van der Waals surface area contributed by atoms with Crippen molar-refractivity contribution in [2.75, 3.05) is 0 Å². The lowest BCUT2D eigenvalue weighted by Crippen LogP contribution is -2.17. The molecule has 0 spiro atoms. The van der Waals surface area contributed by atoms with Crippen molar-refractivity contribution in [2.24, 2.45) is 0 Å². The second-order valence-electron chi connectivity index (χ2n) is 2.89. The SMILES string of the molecule is CCC(C)[O][AlH][O]C(C)CC. The van der Waals surface area contributed by atoms with Gasteiger partial charge < -0.3 is 7.58 Å². The first kappa shape index (κ1) is 11.5. The first-order valence-electron chi connectivity index (χ1n) is 4.43. The molecule has 0 heterocycles. The Morgan fingerprint density at radius 3 is 1.64 bits per heavy atom. The van der Waals surface area contributed by atoms with Gasteiger partial charge in [0, 0.05) is 12.2 Å². The average Bonchev–Trinajstić information content (AvgIpc) is 2.04. The lowest BCUT2D eigenvalue weighted by molar-refractivity contribution is 0.131. The second kappa shape index (κ2) is 7.12. The predicted molar refractivity (Wildman–Crippen MR) is 48.8 cm³/mol. The van der Waals surface area contributed by atoms with Crippen LogP contribution < -0.4 is 0 Å². The Morgan fingerprint density at radius 1 is 1.00 bits per heavy atom. The van der Waals surface area contributed by atoms with Gasteiger partial charge in [0.25, 0.3) is 0 Å². The highest BCUT2D eigenvalue weighted by Crippen LogP contribution is 1.98. The summed E-state index contributed by atoms with van der Waals surface area (Å²) < 4.78 is 11.0. The Kier molecular flexibility index (Phi) is 7.41. The largest absolute Gasteiger partial charge is 0.650 e. The summed E-state index contributed by atoms with van der Waals surface area (Å²) in [6, 6.07) is 0. The molecule has 11 heavy (non-hydrogen) atoms. The van der Waals surface area contributed by atoms with Crippen LogP contribution in [0.5, 0.6) is 0 Å². The summed E-state index contributed by atoms with van der Waals surface area (Å²) >= 11 is -0.706. The molecule has 0 fully saturated rings. The third kappa shape index (κ3) is 6.84. The molecule has 2 nitrogen and oxygen atoms in total. The lowest BCUT2D eigenvalue weighted by Gasteiger charge is -2.13. The van der Waals surface area contributed by atoms with Gasteiger partial charge in [-0.15, -0.1) is 0 Å². The van der Waals surface area contributed by atoms with E-state index in [-0.39, 0.29) is 0 Å². The van der Waals surface area contributed by atoms with E-state index in [2.05, 4.69) is 27.7 Å². The quantitative estimate of drug-likeness (QED) is 0.572. The molecule has 66 valence electrons. The minimum atomic E-state index is -0.706. The summed E-state index contributed by atoms with van der Waals surface area (Å²) in [6.07, 6.45) is 2.92. The topological polar surface area (TPSA) is 18.5 Å². The van der Waals surface area contributed by atoms with Crippen LogP contribution in [0.15, 0.2) is 0 Å². The van der Waals surface area contributed by atoms with Gasteiger partial charge in [-0.3, -0.25) is 0 Å². The van der Waals surface area contributed by atoms with Crippen LogP contribution in [0.1, 0.15) is 40.5 Å². The summed E-state index contributed by atoms with van der Waals surface area (Å²) in [5.74, 6) is 0. The molecule has 0 aliphatic carbocycles. The number of rotatable bonds is 6. The van der Waals surface area contributed by atoms with Gasteiger partial charge in [-0.25, -0.2) is 0 Å². The molecule has 0 saturated carbocycles. The fourth-order valence-electron chi connectivity index (χ4n) is 0.507. The molecule has 0 aromatic carbocycles. The van der Waals surface area contributed by atoms with Crippen molar-refractivity contribution >= 4 is 15.9 Å². The normalized spacial score (nSPS) is 16.0. The number of hydrogen-bond donors (Lipinski definition) is 0. The maximum Gasteiger partial charge on any atom is 0.650 e. The zero-order valence-corrected chi connectivity index (χ0v) is 9.51. The molecular formula is C8H19AlO2. The fourth-order valence-corrected chi connectivity index (χ4v) is 1.52. The van der Waals surface area contributed by atoms with Crippen LogP contribution in [0.25, 0.3) is 0 Å². The van der Waals surface area contributed by atoms with E-state index in [0.29, 0.717) is 12.2 Å². The van der Waals surface area contributed by atoms with Crippen molar-refractivity contribution in [3.8, 4) is 0 Å². The molecule has 0 aromatic rings. The monoisotopic (exact) mass is 174 g/mol. The summed E-state index contributed by atoms with van der Waals surface area (Å²) in [4.78, 5) is 0. The van der Waals surface area contributed by atoms with Gasteiger partial charge >= 0.3 is 15.9 Å². The molecule has 2 unspecified atom stereocenters. The van der Waals surface area contributed by atoms with E-state index in [1.165, 1.54) is 0 Å². The molecule has 0 N–H and O–H groups in total. The third-order valence-corrected chi connectivity index (χ3v) is 3.27. The van der Waals surface area contributed by atoms with Crippen molar-refractivity contribution in [3.05, 3.63) is 0 Å². The summed E-state index contributed by atoms with van der Waals surface area (Å²) in [5, 5.41) is 0. The molecule has 2 atom stereocenters. The highest BCUT2D eigenvalue weighted by atomic mass is 27.2. The molecule has 0 radical (unpaired) electrons. The molecule has 0 aliphatic rings. The summed E-state index contributed by atoms with van der Waals surface area (Å²) in [5.41, 5.74) is 0. The van der Waals surface area contributed by atoms with E-state index in [9.17, 15) is 0 Å². The van der Waals surface area contributed by atoms with Crippen LogP contribution >= 0.6 is 0 Å². The smallest absolute Gasteiger partial charge is 0.479 e. The minimum Gasteiger partial charge on any atom is -0.479 e. The average molecular weight is 174 g/mol. The highest BCUT2D eigenvalue weighted by molar-refractivity contribution is 6.18. The minimum absolute atomic E-state index is 0.380. The molecule has 0 rings (SSSR count). The van der Waals surface area contributed by atoms with Gasteiger partial charge in [0.1, 0.15) is 0 Å². The molecular weight excluding hydrogens is 155 g/mol. The molecule has 0 saturated heterocycles. The van der Waals surface area contributed by atoms with Gasteiger partial charge in [-0.2, -0.15) is 0 Å². The Balaban J connectivity index is 3.13. The van der Waals surface area contributed by atoms with Crippen LogP contribution in [-0.2, 0) is 7.58 Å². The van der Waals surface area contributed by atoms with Crippen LogP contribution in [0.3, 0.4) is 0 Å². The van der Waals surface area contributed by atoms with Gasteiger partial charge in [0.05, 0.1) is 0 Å². The van der Waals surface area contributed by atoms with Gasteiger partial charge in [0.15, 0.2) is 0 Å². The predicted octanol–water partition coefficient (Wildman–Crippen LogP) is 1.88. The van der Waals surface area contributed by atoms with Crippen molar-refractivity contribution < 1.29 is 7.58 Å². The van der Waals surface area contributed by atoms with E-state index in [0.717, 1.165) is 12.8 Å². The molecule has 0 aliphatic heterocycles. The maximum absolute atomic E-state index is 5.48. The Morgan fingerprint density at radius 2 is 1.36 bits per heavy atom. The van der Waals surface area contributed by atoms with E-state index in [4.69, 9.17) is 7.58 Å². The standard InChI is InChI=1S/2C4H9O.Al.H/c2*1-3-4(2)5;;/h2*4H,3H2,1-2H3;;/q2*-1;+2;. The van der Waals surface area contributed by atoms with E-state index in [1.807, 2.05) is 0 Å². The number of hydrogen-bond acceptors (Lipinski definition) is 2. The van der Waals surface area contributed by atoms with Gasteiger partial charge in [-0.05, 0) is 26.7 Å². The van der Waals surface area contributed by atoms with Crippen LogP contribution in [0.4, 0.5) is 0 Å². The van der Waals surface area contributed by atoms with Crippen LogP contribution in [0.2, 0.25) is 0 Å². The van der Waals surface area contributed by atoms with Gasteiger partial charge in [0.2, 0.25) is 0 Å². The molecule has 0 aromatic heterocycles. The Bertz CT molecular complexity index is 78.2. The van der Waals surface area contributed by atoms with E-state index < -0.39 is 15.9 Å². The zero-order chi connectivity index (χ0) is 8.69. The molecule has 3 heteroatoms. The fraction of sp³-hybridized carbons (Fsp3) is 1.00. The third-order valence-electron chi connectivity index (χ3n) is 1.85. The van der Waals surface area contributed by atoms with Crippen molar-refractivity contribution in [1.82, 2.24) is 0 Å². The van der Waals surface area contributed by atoms with Crippen molar-refractivity contribution in [1.29, 1.82) is 0 Å². The summed E-state index contributed by atoms with van der Waals surface area (Å²) in [6.45, 7) is 8.44. The molecule has 0 bridgehead atoms. The van der Waals surface area contributed by atoms with Crippen LogP contribution in [0, 0.1) is 0 Å². The highest BCUT2D eigenvalue weighted by Gasteiger charge is 2.05.